The highest BCUT2D eigenvalue weighted by atomic mass is 19.4. The Labute approximate surface area is 139 Å². The average molecular weight is 353 g/mol. The van der Waals surface area contributed by atoms with Gasteiger partial charge < -0.3 is 20.1 Å². The van der Waals surface area contributed by atoms with Crippen molar-refractivity contribution in [1.82, 2.24) is 19.9 Å². The second-order valence-electron chi connectivity index (χ2n) is 5.19. The van der Waals surface area contributed by atoms with Gasteiger partial charge in [0.25, 0.3) is 0 Å². The lowest BCUT2D eigenvalue weighted by molar-refractivity contribution is -0.137. The molecule has 1 aromatic carbocycles. The number of halogens is 3. The number of ether oxygens (including phenoxy) is 1. The van der Waals surface area contributed by atoms with Crippen LogP contribution in [0, 0.1) is 0 Å². The molecule has 0 aliphatic carbocycles. The molecule has 0 fully saturated rings. The predicted octanol–water partition coefficient (Wildman–Crippen LogP) is 2.22. The van der Waals surface area contributed by atoms with Crippen LogP contribution in [0.3, 0.4) is 0 Å². The van der Waals surface area contributed by atoms with Crippen molar-refractivity contribution in [2.45, 2.75) is 12.3 Å². The molecule has 0 saturated carbocycles. The van der Waals surface area contributed by atoms with Crippen molar-refractivity contribution >= 4 is 17.0 Å². The average Bonchev–Trinajstić information content (AvgIpc) is 3.07. The highest BCUT2D eigenvalue weighted by Gasteiger charge is 2.30. The van der Waals surface area contributed by atoms with E-state index in [4.69, 9.17) is 4.74 Å². The molecule has 0 saturated heterocycles. The number of aromatic amines is 1. The van der Waals surface area contributed by atoms with Gasteiger partial charge in [-0.25, -0.2) is 15.0 Å². The second kappa shape index (κ2) is 6.93. The van der Waals surface area contributed by atoms with E-state index in [1.54, 1.807) is 0 Å². The smallest absolute Gasteiger partial charge is 0.416 e. The largest absolute Gasteiger partial charge is 0.491 e. The fraction of sp³-hybridized carbons (Fsp3) is 0.267. The summed E-state index contributed by atoms with van der Waals surface area (Å²) in [5, 5.41) is 12.9. The molecule has 0 aliphatic rings. The van der Waals surface area contributed by atoms with Gasteiger partial charge in [0.05, 0.1) is 11.9 Å². The number of imidazole rings is 1. The normalized spacial score (nSPS) is 13.0. The number of anilines is 1. The highest BCUT2D eigenvalue weighted by molar-refractivity contribution is 5.81. The quantitative estimate of drug-likeness (QED) is 0.629. The molecule has 2 heterocycles. The fourth-order valence-electron chi connectivity index (χ4n) is 2.13. The zero-order chi connectivity index (χ0) is 17.9. The fourth-order valence-corrected chi connectivity index (χ4v) is 2.13. The van der Waals surface area contributed by atoms with Gasteiger partial charge in [-0.05, 0) is 18.2 Å². The van der Waals surface area contributed by atoms with E-state index in [0.29, 0.717) is 17.0 Å². The Hall–Kier alpha value is -2.88. The molecule has 7 nitrogen and oxygen atoms in total. The number of aromatic nitrogens is 4. The second-order valence-corrected chi connectivity index (χ2v) is 5.19. The number of alkyl halides is 3. The molecule has 0 spiro atoms. The minimum atomic E-state index is -4.44. The summed E-state index contributed by atoms with van der Waals surface area (Å²) in [6, 6.07) is 4.49. The van der Waals surface area contributed by atoms with Gasteiger partial charge >= 0.3 is 6.18 Å². The lowest BCUT2D eigenvalue weighted by atomic mass is 10.2. The van der Waals surface area contributed by atoms with Crippen LogP contribution >= 0.6 is 0 Å². The van der Waals surface area contributed by atoms with Crippen molar-refractivity contribution in [2.75, 3.05) is 18.5 Å². The number of rotatable bonds is 6. The summed E-state index contributed by atoms with van der Waals surface area (Å²) in [7, 11) is 0. The minimum absolute atomic E-state index is 0.0341. The Bertz CT molecular complexity index is 852. The molecule has 0 amide bonds. The van der Waals surface area contributed by atoms with Crippen molar-refractivity contribution in [3.63, 3.8) is 0 Å². The number of hydrogen-bond acceptors (Lipinski definition) is 6. The van der Waals surface area contributed by atoms with Gasteiger partial charge in [0, 0.05) is 6.54 Å². The topological polar surface area (TPSA) is 96.0 Å². The van der Waals surface area contributed by atoms with Gasteiger partial charge in [-0.15, -0.1) is 0 Å². The Balaban J connectivity index is 1.55. The van der Waals surface area contributed by atoms with Crippen LogP contribution in [0.1, 0.15) is 5.56 Å². The summed E-state index contributed by atoms with van der Waals surface area (Å²) in [6.45, 7) is -0.0877. The van der Waals surface area contributed by atoms with Crippen LogP contribution in [0.2, 0.25) is 0 Å². The van der Waals surface area contributed by atoms with Crippen molar-refractivity contribution in [3.8, 4) is 5.75 Å². The number of aliphatic hydroxyl groups excluding tert-OH is 1. The van der Waals surface area contributed by atoms with Crippen LogP contribution in [0.5, 0.6) is 5.75 Å². The Morgan fingerprint density at radius 3 is 2.88 bits per heavy atom. The number of H-pyrrole nitrogens is 1. The maximum Gasteiger partial charge on any atom is 0.416 e. The third-order valence-corrected chi connectivity index (χ3v) is 3.33. The van der Waals surface area contributed by atoms with Crippen LogP contribution in [0.25, 0.3) is 11.2 Å². The van der Waals surface area contributed by atoms with Gasteiger partial charge in [0.2, 0.25) is 0 Å². The highest BCUT2D eigenvalue weighted by Crippen LogP contribution is 2.31. The van der Waals surface area contributed by atoms with Crippen molar-refractivity contribution in [1.29, 1.82) is 0 Å². The first-order chi connectivity index (χ1) is 11.9. The molecule has 1 unspecified atom stereocenters. The van der Waals surface area contributed by atoms with Crippen LogP contribution in [-0.4, -0.2) is 44.3 Å². The molecule has 132 valence electrons. The summed E-state index contributed by atoms with van der Waals surface area (Å²) in [4.78, 5) is 14.9. The van der Waals surface area contributed by atoms with E-state index in [0.717, 1.165) is 12.1 Å². The summed E-state index contributed by atoms with van der Waals surface area (Å²) in [6.07, 6.45) is -2.60. The van der Waals surface area contributed by atoms with Crippen LogP contribution in [-0.2, 0) is 6.18 Å². The Kier molecular flexibility index (Phi) is 4.70. The molecule has 0 bridgehead atoms. The SMILES string of the molecule is OC(CNc1ncnc2nc[nH]c12)COc1cccc(C(F)(F)F)c1. The number of nitrogens with one attached hydrogen (secondary N) is 2. The first kappa shape index (κ1) is 17.0. The zero-order valence-electron chi connectivity index (χ0n) is 12.8. The van der Waals surface area contributed by atoms with Gasteiger partial charge in [0.1, 0.15) is 30.3 Å². The summed E-state index contributed by atoms with van der Waals surface area (Å²) < 4.78 is 43.1. The van der Waals surface area contributed by atoms with Crippen molar-refractivity contribution in [2.24, 2.45) is 0 Å². The van der Waals surface area contributed by atoms with E-state index in [-0.39, 0.29) is 18.9 Å². The van der Waals surface area contributed by atoms with Crippen LogP contribution in [0.15, 0.2) is 36.9 Å². The van der Waals surface area contributed by atoms with Crippen molar-refractivity contribution in [3.05, 3.63) is 42.5 Å². The maximum atomic E-state index is 12.6. The predicted molar refractivity (Wildman–Crippen MR) is 83.1 cm³/mol. The molecule has 3 N–H and O–H groups in total. The Morgan fingerprint density at radius 1 is 1.24 bits per heavy atom. The van der Waals surface area contributed by atoms with E-state index < -0.39 is 17.8 Å². The van der Waals surface area contributed by atoms with Gasteiger partial charge in [-0.2, -0.15) is 13.2 Å². The summed E-state index contributed by atoms with van der Waals surface area (Å²) in [5.41, 5.74) is 0.265. The van der Waals surface area contributed by atoms with E-state index in [2.05, 4.69) is 25.3 Å². The molecule has 2 aromatic heterocycles. The lowest BCUT2D eigenvalue weighted by Crippen LogP contribution is -2.26. The van der Waals surface area contributed by atoms with Gasteiger partial charge in [0.15, 0.2) is 11.5 Å². The molecular weight excluding hydrogens is 339 g/mol. The molecule has 1 atom stereocenters. The van der Waals surface area contributed by atoms with E-state index in [9.17, 15) is 18.3 Å². The lowest BCUT2D eigenvalue weighted by Gasteiger charge is -2.14. The molecule has 3 rings (SSSR count). The van der Waals surface area contributed by atoms with Gasteiger partial charge in [-0.1, -0.05) is 6.07 Å². The number of benzene rings is 1. The van der Waals surface area contributed by atoms with E-state index in [1.165, 1.54) is 24.8 Å². The number of nitrogens with zero attached hydrogens (tertiary/aromatic N) is 3. The number of aliphatic hydroxyl groups is 1. The number of hydrogen-bond donors (Lipinski definition) is 3. The third-order valence-electron chi connectivity index (χ3n) is 3.33. The van der Waals surface area contributed by atoms with E-state index >= 15 is 0 Å². The third kappa shape index (κ3) is 4.15. The molecule has 10 heteroatoms. The molecule has 0 radical (unpaired) electrons. The minimum Gasteiger partial charge on any atom is -0.491 e. The van der Waals surface area contributed by atoms with E-state index in [1.807, 2.05) is 0 Å². The molecule has 3 aromatic rings. The summed E-state index contributed by atoms with van der Waals surface area (Å²) >= 11 is 0. The monoisotopic (exact) mass is 353 g/mol. The standard InChI is InChI=1S/C15H14F3N5O2/c16-15(17,18)9-2-1-3-11(4-9)25-6-10(24)5-19-13-12-14(21-7-20-12)23-8-22-13/h1-4,7-8,10,24H,5-6H2,(H2,19,20,21,22,23). The zero-order valence-corrected chi connectivity index (χ0v) is 12.8. The molecular formula is C15H14F3N5O2. The molecule has 25 heavy (non-hydrogen) atoms. The number of fused-ring (bicyclic) bond motifs is 1. The Morgan fingerprint density at radius 2 is 2.08 bits per heavy atom. The van der Waals surface area contributed by atoms with Gasteiger partial charge in [-0.3, -0.25) is 0 Å². The first-order valence-electron chi connectivity index (χ1n) is 7.29. The maximum absolute atomic E-state index is 12.6. The molecule has 0 aliphatic heterocycles. The first-order valence-corrected chi connectivity index (χ1v) is 7.29. The van der Waals surface area contributed by atoms with Crippen LogP contribution in [0.4, 0.5) is 19.0 Å². The van der Waals surface area contributed by atoms with Crippen molar-refractivity contribution < 1.29 is 23.0 Å². The van der Waals surface area contributed by atoms with Crippen LogP contribution < -0.4 is 10.1 Å². The summed E-state index contributed by atoms with van der Waals surface area (Å²) in [5.74, 6) is 0.493.